The molecular formula is C19H31N3O2S. The lowest BCUT2D eigenvalue weighted by atomic mass is 10.1. The average Bonchev–Trinajstić information content (AvgIpc) is 2.62. The second kappa shape index (κ2) is 9.80. The summed E-state index contributed by atoms with van der Waals surface area (Å²) in [5.41, 5.74) is 0.869. The second-order valence-corrected chi connectivity index (χ2v) is 7.90. The lowest BCUT2D eigenvalue weighted by Crippen LogP contribution is -2.49. The standard InChI is InChI=1S/C19H31N3O2S/c1-5-20-19(22-11-12-25-17(13-22)14(2)3)21-10-9-15-7-6-8-16(24-4)18(15)23/h6-8,14,17,23H,5,9-13H2,1-4H3,(H,20,21). The Kier molecular flexibility index (Phi) is 7.75. The van der Waals surface area contributed by atoms with Crippen molar-refractivity contribution < 1.29 is 9.84 Å². The molecule has 0 radical (unpaired) electrons. The summed E-state index contributed by atoms with van der Waals surface area (Å²) in [6.07, 6.45) is 0.689. The molecule has 1 aromatic carbocycles. The maximum Gasteiger partial charge on any atom is 0.193 e. The first-order valence-electron chi connectivity index (χ1n) is 9.06. The summed E-state index contributed by atoms with van der Waals surface area (Å²) in [5.74, 6) is 3.53. The van der Waals surface area contributed by atoms with Gasteiger partial charge in [0.05, 0.1) is 7.11 Å². The van der Waals surface area contributed by atoms with Gasteiger partial charge in [0.25, 0.3) is 0 Å². The quantitative estimate of drug-likeness (QED) is 0.600. The molecular weight excluding hydrogens is 334 g/mol. The first-order chi connectivity index (χ1) is 12.1. The van der Waals surface area contributed by atoms with Gasteiger partial charge in [-0.25, -0.2) is 0 Å². The summed E-state index contributed by atoms with van der Waals surface area (Å²) in [5, 5.41) is 14.3. The van der Waals surface area contributed by atoms with E-state index in [0.717, 1.165) is 36.9 Å². The predicted molar refractivity (Wildman–Crippen MR) is 107 cm³/mol. The van der Waals surface area contributed by atoms with E-state index in [1.165, 1.54) is 0 Å². The molecule has 0 aliphatic carbocycles. The van der Waals surface area contributed by atoms with Crippen molar-refractivity contribution in [2.75, 3.05) is 39.0 Å². The largest absolute Gasteiger partial charge is 0.504 e. The van der Waals surface area contributed by atoms with Crippen LogP contribution in [0.15, 0.2) is 23.2 Å². The van der Waals surface area contributed by atoms with Gasteiger partial charge in [0.1, 0.15) is 0 Å². The zero-order chi connectivity index (χ0) is 18.2. The summed E-state index contributed by atoms with van der Waals surface area (Å²) in [4.78, 5) is 7.16. The average molecular weight is 366 g/mol. The zero-order valence-corrected chi connectivity index (χ0v) is 16.6. The van der Waals surface area contributed by atoms with Gasteiger partial charge in [-0.15, -0.1) is 0 Å². The highest BCUT2D eigenvalue weighted by molar-refractivity contribution is 8.00. The smallest absolute Gasteiger partial charge is 0.193 e. The maximum absolute atomic E-state index is 10.2. The fourth-order valence-corrected chi connectivity index (χ4v) is 4.21. The number of guanidine groups is 1. The van der Waals surface area contributed by atoms with Gasteiger partial charge in [-0.1, -0.05) is 26.0 Å². The van der Waals surface area contributed by atoms with E-state index in [1.54, 1.807) is 13.2 Å². The summed E-state index contributed by atoms with van der Waals surface area (Å²) in [6, 6.07) is 5.59. The summed E-state index contributed by atoms with van der Waals surface area (Å²) in [7, 11) is 1.57. The molecule has 2 rings (SSSR count). The summed E-state index contributed by atoms with van der Waals surface area (Å²) < 4.78 is 5.17. The third-order valence-electron chi connectivity index (χ3n) is 4.42. The van der Waals surface area contributed by atoms with Gasteiger partial charge in [-0.05, 0) is 30.9 Å². The predicted octanol–water partition coefficient (Wildman–Crippen LogP) is 2.98. The minimum atomic E-state index is 0.222. The second-order valence-electron chi connectivity index (χ2n) is 6.55. The molecule has 25 heavy (non-hydrogen) atoms. The van der Waals surface area contributed by atoms with Crippen molar-refractivity contribution in [1.29, 1.82) is 0 Å². The molecule has 2 N–H and O–H groups in total. The van der Waals surface area contributed by atoms with Crippen molar-refractivity contribution in [2.24, 2.45) is 10.9 Å². The molecule has 0 amide bonds. The van der Waals surface area contributed by atoms with E-state index in [2.05, 4.69) is 42.7 Å². The number of para-hydroxylation sites is 1. The van der Waals surface area contributed by atoms with Crippen LogP contribution in [0.2, 0.25) is 0 Å². The first kappa shape index (κ1) is 19.8. The molecule has 6 heteroatoms. The van der Waals surface area contributed by atoms with E-state index in [4.69, 9.17) is 9.73 Å². The normalized spacial score (nSPS) is 18.5. The number of ether oxygens (including phenoxy) is 1. The van der Waals surface area contributed by atoms with Crippen LogP contribution in [0, 0.1) is 5.92 Å². The number of rotatable bonds is 6. The molecule has 1 aliphatic heterocycles. The third-order valence-corrected chi connectivity index (χ3v) is 5.96. The number of nitrogens with one attached hydrogen (secondary N) is 1. The Labute approximate surface area is 155 Å². The van der Waals surface area contributed by atoms with Crippen molar-refractivity contribution in [3.63, 3.8) is 0 Å². The van der Waals surface area contributed by atoms with Crippen molar-refractivity contribution in [2.45, 2.75) is 32.4 Å². The van der Waals surface area contributed by atoms with E-state index >= 15 is 0 Å². The number of phenols is 1. The SMILES string of the molecule is CCNC(=NCCc1cccc(OC)c1O)N1CCSC(C(C)C)C1. The number of hydrogen-bond acceptors (Lipinski definition) is 4. The lowest BCUT2D eigenvalue weighted by molar-refractivity contribution is 0.370. The Morgan fingerprint density at radius 3 is 2.96 bits per heavy atom. The monoisotopic (exact) mass is 365 g/mol. The highest BCUT2D eigenvalue weighted by atomic mass is 32.2. The lowest BCUT2D eigenvalue weighted by Gasteiger charge is -2.36. The molecule has 0 spiro atoms. The van der Waals surface area contributed by atoms with Gasteiger partial charge in [-0.2, -0.15) is 11.8 Å². The Morgan fingerprint density at radius 1 is 1.48 bits per heavy atom. The number of benzene rings is 1. The molecule has 1 fully saturated rings. The van der Waals surface area contributed by atoms with Crippen molar-refractivity contribution >= 4 is 17.7 Å². The van der Waals surface area contributed by atoms with Crippen LogP contribution in [0.5, 0.6) is 11.5 Å². The minimum absolute atomic E-state index is 0.222. The van der Waals surface area contributed by atoms with Gasteiger partial charge < -0.3 is 20.1 Å². The molecule has 5 nitrogen and oxygen atoms in total. The molecule has 0 aromatic heterocycles. The van der Waals surface area contributed by atoms with Gasteiger partial charge in [0.2, 0.25) is 0 Å². The Morgan fingerprint density at radius 2 is 2.28 bits per heavy atom. The van der Waals surface area contributed by atoms with Crippen LogP contribution in [-0.2, 0) is 6.42 Å². The molecule has 1 heterocycles. The Bertz CT molecular complexity index is 578. The van der Waals surface area contributed by atoms with Gasteiger partial charge in [0, 0.05) is 37.2 Å². The van der Waals surface area contributed by atoms with Crippen molar-refractivity contribution in [3.8, 4) is 11.5 Å². The van der Waals surface area contributed by atoms with Crippen LogP contribution in [0.4, 0.5) is 0 Å². The topological polar surface area (TPSA) is 57.1 Å². The van der Waals surface area contributed by atoms with E-state index < -0.39 is 0 Å². The van der Waals surface area contributed by atoms with Gasteiger partial charge in [-0.3, -0.25) is 4.99 Å². The number of hydrogen-bond donors (Lipinski definition) is 2. The van der Waals surface area contributed by atoms with Crippen molar-refractivity contribution in [1.82, 2.24) is 10.2 Å². The number of thioether (sulfide) groups is 1. The van der Waals surface area contributed by atoms with Crippen LogP contribution >= 0.6 is 11.8 Å². The third kappa shape index (κ3) is 5.46. The Hall–Kier alpha value is -1.56. The van der Waals surface area contributed by atoms with Crippen LogP contribution in [-0.4, -0.2) is 60.3 Å². The van der Waals surface area contributed by atoms with E-state index in [0.29, 0.717) is 29.9 Å². The van der Waals surface area contributed by atoms with Crippen molar-refractivity contribution in [3.05, 3.63) is 23.8 Å². The van der Waals surface area contributed by atoms with E-state index in [-0.39, 0.29) is 5.75 Å². The number of aliphatic imine (C=N–C) groups is 1. The molecule has 1 saturated heterocycles. The summed E-state index contributed by atoms with van der Waals surface area (Å²) >= 11 is 2.07. The van der Waals surface area contributed by atoms with Crippen LogP contribution in [0.1, 0.15) is 26.3 Å². The molecule has 140 valence electrons. The minimum Gasteiger partial charge on any atom is -0.504 e. The fourth-order valence-electron chi connectivity index (χ4n) is 2.91. The number of phenolic OH excluding ortho intramolecular Hbond substituents is 1. The fraction of sp³-hybridized carbons (Fsp3) is 0.632. The molecule has 1 unspecified atom stereocenters. The van der Waals surface area contributed by atoms with Gasteiger partial charge >= 0.3 is 0 Å². The maximum atomic E-state index is 10.2. The molecule has 0 saturated carbocycles. The van der Waals surface area contributed by atoms with Gasteiger partial charge in [0.15, 0.2) is 17.5 Å². The molecule has 1 aliphatic rings. The Balaban J connectivity index is 2.02. The van der Waals surface area contributed by atoms with E-state index in [1.807, 2.05) is 12.1 Å². The summed E-state index contributed by atoms with van der Waals surface area (Å²) in [6.45, 7) is 10.2. The number of aromatic hydroxyl groups is 1. The first-order valence-corrected chi connectivity index (χ1v) is 10.1. The number of nitrogens with zero attached hydrogens (tertiary/aromatic N) is 2. The number of methoxy groups -OCH3 is 1. The molecule has 1 aromatic rings. The highest BCUT2D eigenvalue weighted by Gasteiger charge is 2.24. The highest BCUT2D eigenvalue weighted by Crippen LogP contribution is 2.29. The van der Waals surface area contributed by atoms with Crippen LogP contribution in [0.25, 0.3) is 0 Å². The van der Waals surface area contributed by atoms with Crippen LogP contribution < -0.4 is 10.1 Å². The molecule has 1 atom stereocenters. The zero-order valence-electron chi connectivity index (χ0n) is 15.8. The molecule has 0 bridgehead atoms. The van der Waals surface area contributed by atoms with E-state index in [9.17, 15) is 5.11 Å². The van der Waals surface area contributed by atoms with Crippen LogP contribution in [0.3, 0.4) is 0 Å².